The van der Waals surface area contributed by atoms with Crippen LogP contribution in [0.1, 0.15) is 46.4 Å². The zero-order valence-corrected chi connectivity index (χ0v) is 14.5. The molecule has 1 heterocycles. The topological polar surface area (TPSA) is 63.7 Å². The fourth-order valence-corrected chi connectivity index (χ4v) is 3.75. The number of halogens is 4. The number of carbonyl (C=O) groups is 3. The SMILES string of the molecule is O=C(ON1C(=O)c2c(Cl)c(Cl)c(Cl)c(Cl)c2C1=O)C1CCCC1. The summed E-state index contributed by atoms with van der Waals surface area (Å²) in [5.41, 5.74) is -0.425. The second-order valence-electron chi connectivity index (χ2n) is 5.30. The van der Waals surface area contributed by atoms with E-state index in [9.17, 15) is 14.4 Å². The molecule has 2 aliphatic rings. The number of rotatable bonds is 2. The third-order valence-corrected chi connectivity index (χ3v) is 5.74. The minimum absolute atomic E-state index is 0.137. The van der Waals surface area contributed by atoms with Crippen LogP contribution in [0.2, 0.25) is 20.1 Å². The van der Waals surface area contributed by atoms with Crippen molar-refractivity contribution in [3.63, 3.8) is 0 Å². The smallest absolute Gasteiger partial charge is 0.329 e. The van der Waals surface area contributed by atoms with Crippen LogP contribution in [0.5, 0.6) is 0 Å². The fourth-order valence-electron chi connectivity index (χ4n) is 2.74. The molecule has 1 aliphatic heterocycles. The van der Waals surface area contributed by atoms with Gasteiger partial charge in [0, 0.05) is 0 Å². The fraction of sp³-hybridized carbons (Fsp3) is 0.357. The van der Waals surface area contributed by atoms with Crippen LogP contribution in [0, 0.1) is 5.92 Å². The Bertz CT molecular complexity index is 696. The first-order valence-electron chi connectivity index (χ1n) is 6.81. The Morgan fingerprint density at radius 3 is 1.74 bits per heavy atom. The molecule has 0 bridgehead atoms. The predicted octanol–water partition coefficient (Wildman–Crippen LogP) is 4.54. The first kappa shape index (κ1) is 16.8. The van der Waals surface area contributed by atoms with Gasteiger partial charge in [-0.25, -0.2) is 4.79 Å². The Morgan fingerprint density at radius 1 is 0.870 bits per heavy atom. The van der Waals surface area contributed by atoms with Crippen LogP contribution in [0.15, 0.2) is 0 Å². The molecule has 0 spiro atoms. The highest BCUT2D eigenvalue weighted by Crippen LogP contribution is 2.45. The summed E-state index contributed by atoms with van der Waals surface area (Å²) in [6.07, 6.45) is 3.15. The number of hydrogen-bond acceptors (Lipinski definition) is 4. The van der Waals surface area contributed by atoms with Crippen LogP contribution in [-0.4, -0.2) is 22.8 Å². The quantitative estimate of drug-likeness (QED) is 0.418. The van der Waals surface area contributed by atoms with Crippen LogP contribution in [0.3, 0.4) is 0 Å². The summed E-state index contributed by atoms with van der Waals surface area (Å²) in [5.74, 6) is -2.72. The summed E-state index contributed by atoms with van der Waals surface area (Å²) in [6.45, 7) is 0. The molecule has 5 nitrogen and oxygen atoms in total. The zero-order chi connectivity index (χ0) is 16.9. The van der Waals surface area contributed by atoms with Gasteiger partial charge in [-0.1, -0.05) is 64.3 Å². The Labute approximate surface area is 151 Å². The summed E-state index contributed by atoms with van der Waals surface area (Å²) in [7, 11) is 0. The van der Waals surface area contributed by atoms with Crippen molar-refractivity contribution >= 4 is 64.2 Å². The normalized spacial score (nSPS) is 17.8. The first-order chi connectivity index (χ1) is 10.8. The van der Waals surface area contributed by atoms with Crippen molar-refractivity contribution < 1.29 is 19.2 Å². The third-order valence-electron chi connectivity index (χ3n) is 3.93. The number of nitrogens with zero attached hydrogens (tertiary/aromatic N) is 1. The van der Waals surface area contributed by atoms with E-state index in [1.165, 1.54) is 0 Å². The lowest BCUT2D eigenvalue weighted by Gasteiger charge is -2.15. The summed E-state index contributed by atoms with van der Waals surface area (Å²) in [4.78, 5) is 41.8. The van der Waals surface area contributed by atoms with Gasteiger partial charge < -0.3 is 4.84 Å². The Kier molecular flexibility index (Phi) is 4.49. The number of carbonyl (C=O) groups excluding carboxylic acids is 3. The molecule has 0 unspecified atom stereocenters. The van der Waals surface area contributed by atoms with E-state index in [4.69, 9.17) is 51.2 Å². The number of amides is 2. The van der Waals surface area contributed by atoms with E-state index in [0.29, 0.717) is 17.9 Å². The molecule has 1 saturated carbocycles. The maximum Gasteiger partial charge on any atom is 0.336 e. The van der Waals surface area contributed by atoms with Gasteiger partial charge in [-0.3, -0.25) is 9.59 Å². The number of hydrogen-bond donors (Lipinski definition) is 0. The highest BCUT2D eigenvalue weighted by Gasteiger charge is 2.45. The van der Waals surface area contributed by atoms with Crippen LogP contribution in [0.25, 0.3) is 0 Å². The molecule has 1 fully saturated rings. The number of fused-ring (bicyclic) bond motifs is 1. The summed E-state index contributed by atoms with van der Waals surface area (Å²) in [5, 5.41) is -0.303. The minimum Gasteiger partial charge on any atom is -0.329 e. The van der Waals surface area contributed by atoms with Gasteiger partial charge in [0.25, 0.3) is 11.8 Å². The summed E-state index contributed by atoms with van der Waals surface area (Å²) >= 11 is 23.8. The van der Waals surface area contributed by atoms with E-state index in [0.717, 1.165) is 12.8 Å². The average Bonchev–Trinajstić information content (AvgIpc) is 3.13. The van der Waals surface area contributed by atoms with Crippen molar-refractivity contribution in [1.82, 2.24) is 5.06 Å². The maximum atomic E-state index is 12.4. The van der Waals surface area contributed by atoms with Crippen molar-refractivity contribution in [3.8, 4) is 0 Å². The van der Waals surface area contributed by atoms with E-state index in [1.54, 1.807) is 0 Å². The molecule has 0 N–H and O–H groups in total. The molecule has 1 aliphatic carbocycles. The number of hydroxylamine groups is 2. The van der Waals surface area contributed by atoms with Gasteiger partial charge >= 0.3 is 5.97 Å². The molecular weight excluding hydrogens is 388 g/mol. The van der Waals surface area contributed by atoms with Crippen molar-refractivity contribution in [1.29, 1.82) is 0 Å². The molecule has 122 valence electrons. The monoisotopic (exact) mass is 395 g/mol. The van der Waals surface area contributed by atoms with Gasteiger partial charge in [0.05, 0.1) is 37.1 Å². The lowest BCUT2D eigenvalue weighted by atomic mass is 10.1. The predicted molar refractivity (Wildman–Crippen MR) is 85.0 cm³/mol. The lowest BCUT2D eigenvalue weighted by molar-refractivity contribution is -0.173. The second kappa shape index (κ2) is 6.13. The second-order valence-corrected chi connectivity index (χ2v) is 6.81. The van der Waals surface area contributed by atoms with Crippen molar-refractivity contribution in [2.45, 2.75) is 25.7 Å². The van der Waals surface area contributed by atoms with Gasteiger partial charge in [0.2, 0.25) is 0 Å². The molecule has 3 rings (SSSR count). The molecule has 0 radical (unpaired) electrons. The average molecular weight is 397 g/mol. The highest BCUT2D eigenvalue weighted by molar-refractivity contribution is 6.55. The molecule has 23 heavy (non-hydrogen) atoms. The van der Waals surface area contributed by atoms with E-state index < -0.39 is 17.8 Å². The van der Waals surface area contributed by atoms with Crippen LogP contribution in [-0.2, 0) is 9.63 Å². The van der Waals surface area contributed by atoms with E-state index in [2.05, 4.69) is 0 Å². The molecule has 1 aromatic carbocycles. The van der Waals surface area contributed by atoms with Crippen LogP contribution < -0.4 is 0 Å². The summed E-state index contributed by atoms with van der Waals surface area (Å²) < 4.78 is 0. The largest absolute Gasteiger partial charge is 0.336 e. The van der Waals surface area contributed by atoms with Crippen LogP contribution >= 0.6 is 46.4 Å². The lowest BCUT2D eigenvalue weighted by Crippen LogP contribution is -2.34. The Hall–Kier alpha value is -1.01. The molecular formula is C14H9Cl4NO4. The van der Waals surface area contributed by atoms with Crippen molar-refractivity contribution in [2.24, 2.45) is 5.92 Å². The van der Waals surface area contributed by atoms with Gasteiger partial charge in [-0.15, -0.1) is 0 Å². The molecule has 0 saturated heterocycles. The molecule has 0 aromatic heterocycles. The maximum absolute atomic E-state index is 12.4. The summed E-state index contributed by atoms with van der Waals surface area (Å²) in [6, 6.07) is 0. The van der Waals surface area contributed by atoms with Gasteiger partial charge in [0.15, 0.2) is 0 Å². The molecule has 1 aromatic rings. The highest BCUT2D eigenvalue weighted by atomic mass is 35.5. The molecule has 2 amide bonds. The van der Waals surface area contributed by atoms with E-state index in [-0.39, 0.29) is 37.1 Å². The van der Waals surface area contributed by atoms with Gasteiger partial charge in [-0.05, 0) is 12.8 Å². The zero-order valence-electron chi connectivity index (χ0n) is 11.5. The third kappa shape index (κ3) is 2.60. The number of imide groups is 1. The number of benzene rings is 1. The Balaban J connectivity index is 1.96. The van der Waals surface area contributed by atoms with E-state index in [1.807, 2.05) is 0 Å². The minimum atomic E-state index is -0.887. The molecule has 0 atom stereocenters. The van der Waals surface area contributed by atoms with Crippen molar-refractivity contribution in [3.05, 3.63) is 31.2 Å². The van der Waals surface area contributed by atoms with Gasteiger partial charge in [-0.2, -0.15) is 0 Å². The standard InChI is InChI=1S/C14H9Cl4NO4/c15-8-6-7(9(16)11(18)10(8)17)13(21)19(12(6)20)23-14(22)5-3-1-2-4-5/h5H,1-4H2. The van der Waals surface area contributed by atoms with Gasteiger partial charge in [0.1, 0.15) is 0 Å². The van der Waals surface area contributed by atoms with Crippen molar-refractivity contribution in [2.75, 3.05) is 0 Å². The van der Waals surface area contributed by atoms with Crippen LogP contribution in [0.4, 0.5) is 0 Å². The van der Waals surface area contributed by atoms with E-state index >= 15 is 0 Å². The Morgan fingerprint density at radius 2 is 1.30 bits per heavy atom. The first-order valence-corrected chi connectivity index (χ1v) is 8.32. The molecule has 9 heteroatoms.